The zero-order chi connectivity index (χ0) is 11.0. The van der Waals surface area contributed by atoms with Crippen LogP contribution >= 0.6 is 11.3 Å². The standard InChI is InChI=1S/C10H10N2O2S/c1-6-7(5-12(2)11-6)8-3-4-9(15-8)10(13)14/h3-5H,1-2H3,(H,13,14). The average Bonchev–Trinajstić information content (AvgIpc) is 2.71. The molecule has 0 aromatic carbocycles. The van der Waals surface area contributed by atoms with Gasteiger partial charge in [-0.05, 0) is 19.1 Å². The van der Waals surface area contributed by atoms with Crippen molar-refractivity contribution in [2.24, 2.45) is 7.05 Å². The third kappa shape index (κ3) is 1.78. The normalized spacial score (nSPS) is 10.5. The van der Waals surface area contributed by atoms with Crippen LogP contribution in [-0.4, -0.2) is 20.9 Å². The van der Waals surface area contributed by atoms with E-state index in [-0.39, 0.29) is 0 Å². The molecular weight excluding hydrogens is 212 g/mol. The number of aromatic carboxylic acids is 1. The highest BCUT2D eigenvalue weighted by atomic mass is 32.1. The van der Waals surface area contributed by atoms with E-state index in [1.165, 1.54) is 11.3 Å². The van der Waals surface area contributed by atoms with Crippen molar-refractivity contribution in [2.45, 2.75) is 6.92 Å². The largest absolute Gasteiger partial charge is 0.477 e. The molecule has 0 unspecified atom stereocenters. The molecule has 0 spiro atoms. The van der Waals surface area contributed by atoms with Crippen LogP contribution in [0.5, 0.6) is 0 Å². The van der Waals surface area contributed by atoms with Gasteiger partial charge in [0.15, 0.2) is 0 Å². The summed E-state index contributed by atoms with van der Waals surface area (Å²) in [6.45, 7) is 1.91. The highest BCUT2D eigenvalue weighted by molar-refractivity contribution is 7.17. The van der Waals surface area contributed by atoms with Gasteiger partial charge in [-0.2, -0.15) is 5.10 Å². The Morgan fingerprint density at radius 3 is 2.73 bits per heavy atom. The number of aromatic nitrogens is 2. The average molecular weight is 222 g/mol. The van der Waals surface area contributed by atoms with E-state index in [1.807, 2.05) is 26.2 Å². The first kappa shape index (κ1) is 9.92. The molecule has 0 atom stereocenters. The number of hydrogen-bond acceptors (Lipinski definition) is 3. The van der Waals surface area contributed by atoms with E-state index in [4.69, 9.17) is 5.11 Å². The molecule has 0 aliphatic carbocycles. The van der Waals surface area contributed by atoms with E-state index in [0.29, 0.717) is 4.88 Å². The van der Waals surface area contributed by atoms with Crippen LogP contribution in [0.1, 0.15) is 15.4 Å². The maximum Gasteiger partial charge on any atom is 0.345 e. The van der Waals surface area contributed by atoms with Gasteiger partial charge in [0.2, 0.25) is 0 Å². The maximum atomic E-state index is 10.7. The molecule has 1 N–H and O–H groups in total. The van der Waals surface area contributed by atoms with Gasteiger partial charge in [-0.1, -0.05) is 0 Å². The van der Waals surface area contributed by atoms with Crippen molar-refractivity contribution < 1.29 is 9.90 Å². The number of carboxylic acids is 1. The van der Waals surface area contributed by atoms with E-state index in [2.05, 4.69) is 5.10 Å². The van der Waals surface area contributed by atoms with Crippen molar-refractivity contribution in [1.82, 2.24) is 9.78 Å². The quantitative estimate of drug-likeness (QED) is 0.847. The van der Waals surface area contributed by atoms with Gasteiger partial charge in [0.05, 0.1) is 5.69 Å². The highest BCUT2D eigenvalue weighted by Crippen LogP contribution is 2.29. The Labute approximate surface area is 90.8 Å². The van der Waals surface area contributed by atoms with Crippen LogP contribution in [0.3, 0.4) is 0 Å². The predicted octanol–water partition coefficient (Wildman–Crippen LogP) is 2.16. The molecule has 15 heavy (non-hydrogen) atoms. The summed E-state index contributed by atoms with van der Waals surface area (Å²) in [6, 6.07) is 3.44. The van der Waals surface area contributed by atoms with E-state index in [9.17, 15) is 4.79 Å². The van der Waals surface area contributed by atoms with E-state index < -0.39 is 5.97 Å². The molecular formula is C10H10N2O2S. The second-order valence-electron chi connectivity index (χ2n) is 3.27. The summed E-state index contributed by atoms with van der Waals surface area (Å²) in [5.41, 5.74) is 1.91. The Hall–Kier alpha value is -1.62. The lowest BCUT2D eigenvalue weighted by Crippen LogP contribution is -1.89. The Bertz CT molecular complexity index is 513. The monoisotopic (exact) mass is 222 g/mol. The minimum absolute atomic E-state index is 0.355. The van der Waals surface area contributed by atoms with Gasteiger partial charge in [0.25, 0.3) is 0 Å². The van der Waals surface area contributed by atoms with Gasteiger partial charge >= 0.3 is 5.97 Å². The van der Waals surface area contributed by atoms with Crippen LogP contribution in [0.25, 0.3) is 10.4 Å². The van der Waals surface area contributed by atoms with E-state index >= 15 is 0 Å². The fourth-order valence-electron chi connectivity index (χ4n) is 1.44. The van der Waals surface area contributed by atoms with Crippen LogP contribution in [0, 0.1) is 6.92 Å². The maximum absolute atomic E-state index is 10.7. The van der Waals surface area contributed by atoms with E-state index in [1.54, 1.807) is 10.7 Å². The summed E-state index contributed by atoms with van der Waals surface area (Å²) in [7, 11) is 1.85. The number of hydrogen-bond donors (Lipinski definition) is 1. The fourth-order valence-corrected chi connectivity index (χ4v) is 2.35. The molecule has 0 amide bonds. The van der Waals surface area contributed by atoms with Crippen molar-refractivity contribution in [3.63, 3.8) is 0 Å². The predicted molar refractivity (Wildman–Crippen MR) is 58.2 cm³/mol. The Balaban J connectivity index is 2.45. The third-order valence-electron chi connectivity index (χ3n) is 2.10. The molecule has 0 radical (unpaired) electrons. The first-order valence-electron chi connectivity index (χ1n) is 4.41. The molecule has 2 aromatic heterocycles. The van der Waals surface area contributed by atoms with Gasteiger partial charge in [-0.15, -0.1) is 11.3 Å². The van der Waals surface area contributed by atoms with Crippen LogP contribution in [-0.2, 0) is 7.05 Å². The van der Waals surface area contributed by atoms with Crippen molar-refractivity contribution in [2.75, 3.05) is 0 Å². The first-order chi connectivity index (χ1) is 7.08. The molecule has 0 aliphatic heterocycles. The van der Waals surface area contributed by atoms with Crippen molar-refractivity contribution in [1.29, 1.82) is 0 Å². The van der Waals surface area contributed by atoms with Crippen molar-refractivity contribution in [3.8, 4) is 10.4 Å². The summed E-state index contributed by atoms with van der Waals surface area (Å²) >= 11 is 1.27. The second-order valence-corrected chi connectivity index (χ2v) is 4.35. The molecule has 0 aliphatic rings. The minimum Gasteiger partial charge on any atom is -0.477 e. The number of nitrogens with zero attached hydrogens (tertiary/aromatic N) is 2. The summed E-state index contributed by atoms with van der Waals surface area (Å²) in [5.74, 6) is -0.882. The van der Waals surface area contributed by atoms with E-state index in [0.717, 1.165) is 16.1 Å². The highest BCUT2D eigenvalue weighted by Gasteiger charge is 2.11. The summed E-state index contributed by atoms with van der Waals surface area (Å²) < 4.78 is 1.73. The van der Waals surface area contributed by atoms with Gasteiger partial charge in [0, 0.05) is 23.7 Å². The van der Waals surface area contributed by atoms with Gasteiger partial charge < -0.3 is 5.11 Å². The summed E-state index contributed by atoms with van der Waals surface area (Å²) in [4.78, 5) is 12.0. The van der Waals surface area contributed by atoms with Gasteiger partial charge in [-0.25, -0.2) is 4.79 Å². The lowest BCUT2D eigenvalue weighted by molar-refractivity contribution is 0.0702. The number of aryl methyl sites for hydroxylation is 2. The molecule has 0 fully saturated rings. The second kappa shape index (κ2) is 3.51. The number of thiophene rings is 1. The number of carbonyl (C=O) groups is 1. The Kier molecular flexibility index (Phi) is 2.32. The first-order valence-corrected chi connectivity index (χ1v) is 5.23. The Morgan fingerprint density at radius 2 is 2.27 bits per heavy atom. The molecule has 0 saturated heterocycles. The lowest BCUT2D eigenvalue weighted by Gasteiger charge is -1.90. The Morgan fingerprint density at radius 1 is 1.53 bits per heavy atom. The molecule has 4 nitrogen and oxygen atoms in total. The van der Waals surface area contributed by atoms with Crippen LogP contribution in [0.4, 0.5) is 0 Å². The third-order valence-corrected chi connectivity index (χ3v) is 3.20. The molecule has 0 bridgehead atoms. The minimum atomic E-state index is -0.882. The van der Waals surface area contributed by atoms with Crippen LogP contribution < -0.4 is 0 Å². The molecule has 2 rings (SSSR count). The zero-order valence-electron chi connectivity index (χ0n) is 8.39. The zero-order valence-corrected chi connectivity index (χ0v) is 9.21. The smallest absolute Gasteiger partial charge is 0.345 e. The molecule has 0 saturated carbocycles. The molecule has 2 aromatic rings. The van der Waals surface area contributed by atoms with Crippen LogP contribution in [0.2, 0.25) is 0 Å². The molecule has 2 heterocycles. The number of carboxylic acid groups (broad SMARTS) is 1. The lowest BCUT2D eigenvalue weighted by atomic mass is 10.2. The van der Waals surface area contributed by atoms with Gasteiger partial charge in [-0.3, -0.25) is 4.68 Å². The topological polar surface area (TPSA) is 55.1 Å². The summed E-state index contributed by atoms with van der Waals surface area (Å²) in [5, 5.41) is 13.0. The van der Waals surface area contributed by atoms with Crippen molar-refractivity contribution in [3.05, 3.63) is 28.9 Å². The molecule has 5 heteroatoms. The summed E-state index contributed by atoms with van der Waals surface area (Å²) in [6.07, 6.45) is 1.90. The fraction of sp³-hybridized carbons (Fsp3) is 0.200. The van der Waals surface area contributed by atoms with Gasteiger partial charge in [0.1, 0.15) is 4.88 Å². The number of rotatable bonds is 2. The molecule has 78 valence electrons. The van der Waals surface area contributed by atoms with Crippen molar-refractivity contribution >= 4 is 17.3 Å². The van der Waals surface area contributed by atoms with Crippen LogP contribution in [0.15, 0.2) is 18.3 Å². The SMILES string of the molecule is Cc1nn(C)cc1-c1ccc(C(=O)O)s1.